The monoisotopic (exact) mass is 349 g/mol. The smallest absolute Gasteiger partial charge is 0.253 e. The predicted molar refractivity (Wildman–Crippen MR) is 88.0 cm³/mol. The minimum Gasteiger partial charge on any atom is -0.349 e. The molecule has 4 nitrogen and oxygen atoms in total. The number of halogens is 3. The molecule has 22 heavy (non-hydrogen) atoms. The molecule has 1 aromatic heterocycles. The molecule has 1 aromatic rings. The molecule has 2 bridgehead atoms. The predicted octanol–water partition coefficient (Wildman–Crippen LogP) is 2.70. The zero-order valence-corrected chi connectivity index (χ0v) is 13.8. The molecule has 0 radical (unpaired) electrons. The van der Waals surface area contributed by atoms with Gasteiger partial charge in [-0.15, -0.1) is 24.8 Å². The SMILES string of the molecule is Cl.Cl.NC1CC2CCCC(C1)C2NC(=O)c1cncc(F)c1. The maximum absolute atomic E-state index is 13.1. The van der Waals surface area contributed by atoms with Crippen molar-refractivity contribution in [1.82, 2.24) is 10.3 Å². The van der Waals surface area contributed by atoms with E-state index in [2.05, 4.69) is 10.3 Å². The molecule has 0 aliphatic heterocycles. The minimum atomic E-state index is -0.483. The molecule has 2 unspecified atom stereocenters. The van der Waals surface area contributed by atoms with Crippen molar-refractivity contribution >= 4 is 30.7 Å². The van der Waals surface area contributed by atoms with E-state index in [9.17, 15) is 9.18 Å². The van der Waals surface area contributed by atoms with Crippen LogP contribution in [0, 0.1) is 17.7 Å². The van der Waals surface area contributed by atoms with Crippen LogP contribution in [0.3, 0.4) is 0 Å². The molecule has 3 N–H and O–H groups in total. The van der Waals surface area contributed by atoms with Gasteiger partial charge in [0.05, 0.1) is 11.8 Å². The van der Waals surface area contributed by atoms with Crippen LogP contribution < -0.4 is 11.1 Å². The highest BCUT2D eigenvalue weighted by Gasteiger charge is 2.39. The number of pyridine rings is 1. The molecule has 1 heterocycles. The minimum absolute atomic E-state index is 0. The summed E-state index contributed by atoms with van der Waals surface area (Å²) in [6.07, 6.45) is 7.92. The van der Waals surface area contributed by atoms with Crippen LogP contribution in [0.25, 0.3) is 0 Å². The van der Waals surface area contributed by atoms with Crippen LogP contribution >= 0.6 is 24.8 Å². The topological polar surface area (TPSA) is 68.0 Å². The van der Waals surface area contributed by atoms with Crippen molar-refractivity contribution in [1.29, 1.82) is 0 Å². The zero-order chi connectivity index (χ0) is 14.1. The van der Waals surface area contributed by atoms with Crippen molar-refractivity contribution in [3.8, 4) is 0 Å². The number of rotatable bonds is 2. The third kappa shape index (κ3) is 4.09. The van der Waals surface area contributed by atoms with Gasteiger partial charge in [0.25, 0.3) is 5.91 Å². The van der Waals surface area contributed by atoms with E-state index in [0.717, 1.165) is 31.9 Å². The second kappa shape index (κ2) is 8.09. The van der Waals surface area contributed by atoms with Gasteiger partial charge in [0.1, 0.15) is 5.82 Å². The average Bonchev–Trinajstić information content (AvgIpc) is 2.39. The van der Waals surface area contributed by atoms with Crippen molar-refractivity contribution in [3.05, 3.63) is 29.8 Å². The molecule has 124 valence electrons. The summed E-state index contributed by atoms with van der Waals surface area (Å²) in [4.78, 5) is 16.0. The van der Waals surface area contributed by atoms with Crippen LogP contribution in [-0.4, -0.2) is 23.0 Å². The Balaban J connectivity index is 0.00000121. The maximum Gasteiger partial charge on any atom is 0.253 e. The third-order valence-corrected chi connectivity index (χ3v) is 4.64. The number of hydrogen-bond acceptors (Lipinski definition) is 3. The largest absolute Gasteiger partial charge is 0.349 e. The summed E-state index contributed by atoms with van der Waals surface area (Å²) in [7, 11) is 0. The van der Waals surface area contributed by atoms with Gasteiger partial charge in [0.2, 0.25) is 0 Å². The van der Waals surface area contributed by atoms with E-state index < -0.39 is 5.82 Å². The molecule has 2 fully saturated rings. The van der Waals surface area contributed by atoms with Crippen LogP contribution in [0.15, 0.2) is 18.5 Å². The van der Waals surface area contributed by atoms with E-state index in [0.29, 0.717) is 11.8 Å². The lowest BCUT2D eigenvalue weighted by atomic mass is 9.67. The number of fused-ring (bicyclic) bond motifs is 2. The molecule has 0 saturated heterocycles. The average molecular weight is 350 g/mol. The summed E-state index contributed by atoms with van der Waals surface area (Å²) >= 11 is 0. The number of carbonyl (C=O) groups excluding carboxylic acids is 1. The molecule has 2 aliphatic carbocycles. The van der Waals surface area contributed by atoms with Crippen LogP contribution in [0.1, 0.15) is 42.5 Å². The summed E-state index contributed by atoms with van der Waals surface area (Å²) in [6.45, 7) is 0. The fourth-order valence-electron chi connectivity index (χ4n) is 3.80. The Morgan fingerprint density at radius 2 is 1.86 bits per heavy atom. The van der Waals surface area contributed by atoms with E-state index in [-0.39, 0.29) is 48.4 Å². The van der Waals surface area contributed by atoms with Gasteiger partial charge in [0.15, 0.2) is 0 Å². The Labute approximate surface area is 142 Å². The molecule has 3 rings (SSSR count). The number of nitrogens with one attached hydrogen (secondary N) is 1. The van der Waals surface area contributed by atoms with Gasteiger partial charge in [-0.25, -0.2) is 4.39 Å². The number of nitrogens with zero attached hydrogens (tertiary/aromatic N) is 1. The lowest BCUT2D eigenvalue weighted by Gasteiger charge is -2.45. The van der Waals surface area contributed by atoms with E-state index in [1.54, 1.807) is 0 Å². The number of amides is 1. The Morgan fingerprint density at radius 1 is 1.23 bits per heavy atom. The Kier molecular flexibility index (Phi) is 7.03. The summed E-state index contributed by atoms with van der Waals surface area (Å²) in [6, 6.07) is 1.67. The molecule has 2 saturated carbocycles. The first-order chi connectivity index (χ1) is 9.63. The van der Waals surface area contributed by atoms with Crippen molar-refractivity contribution in [2.45, 2.75) is 44.2 Å². The quantitative estimate of drug-likeness (QED) is 0.862. The van der Waals surface area contributed by atoms with Crippen LogP contribution in [0.2, 0.25) is 0 Å². The van der Waals surface area contributed by atoms with E-state index >= 15 is 0 Å². The Morgan fingerprint density at radius 3 is 2.45 bits per heavy atom. The van der Waals surface area contributed by atoms with Gasteiger partial charge in [-0.05, 0) is 43.6 Å². The van der Waals surface area contributed by atoms with Crippen LogP contribution in [0.5, 0.6) is 0 Å². The molecule has 7 heteroatoms. The molecule has 2 atom stereocenters. The first kappa shape index (κ1) is 19.1. The molecule has 1 amide bonds. The molecular weight excluding hydrogens is 328 g/mol. The van der Waals surface area contributed by atoms with E-state index in [4.69, 9.17) is 5.73 Å². The number of aromatic nitrogens is 1. The number of hydrogen-bond donors (Lipinski definition) is 2. The highest BCUT2D eigenvalue weighted by molar-refractivity contribution is 5.94. The fourth-order valence-corrected chi connectivity index (χ4v) is 3.80. The van der Waals surface area contributed by atoms with Crippen LogP contribution in [0.4, 0.5) is 4.39 Å². The molecular formula is C15H22Cl2FN3O. The normalized spacial score (nSPS) is 29.7. The second-order valence-corrected chi connectivity index (χ2v) is 6.07. The standard InChI is InChI=1S/C15H20FN3O.2ClH/c16-12-4-11(7-18-8-12)15(20)19-14-9-2-1-3-10(14)6-13(17)5-9;;/h4,7-10,13-14H,1-3,5-6,17H2,(H,19,20);2*1H. The first-order valence-electron chi connectivity index (χ1n) is 7.30. The van der Waals surface area contributed by atoms with Crippen molar-refractivity contribution < 1.29 is 9.18 Å². The number of carbonyl (C=O) groups is 1. The van der Waals surface area contributed by atoms with Gasteiger partial charge in [-0.1, -0.05) is 6.42 Å². The molecule has 2 aliphatic rings. The van der Waals surface area contributed by atoms with Crippen molar-refractivity contribution in [2.75, 3.05) is 0 Å². The third-order valence-electron chi connectivity index (χ3n) is 4.64. The van der Waals surface area contributed by atoms with Crippen LogP contribution in [-0.2, 0) is 0 Å². The number of nitrogens with two attached hydrogens (primary N) is 1. The van der Waals surface area contributed by atoms with Gasteiger partial charge in [-0.2, -0.15) is 0 Å². The zero-order valence-electron chi connectivity index (χ0n) is 12.2. The summed E-state index contributed by atoms with van der Waals surface area (Å²) in [5, 5.41) is 3.08. The summed E-state index contributed by atoms with van der Waals surface area (Å²) in [5.74, 6) is 0.212. The highest BCUT2D eigenvalue weighted by Crippen LogP contribution is 2.39. The van der Waals surface area contributed by atoms with E-state index in [1.165, 1.54) is 18.7 Å². The Hall–Kier alpha value is -0.910. The van der Waals surface area contributed by atoms with E-state index in [1.807, 2.05) is 0 Å². The van der Waals surface area contributed by atoms with Gasteiger partial charge >= 0.3 is 0 Å². The summed E-state index contributed by atoms with van der Waals surface area (Å²) < 4.78 is 13.1. The summed E-state index contributed by atoms with van der Waals surface area (Å²) in [5.41, 5.74) is 6.37. The lowest BCUT2D eigenvalue weighted by molar-refractivity contribution is 0.0755. The molecule has 0 spiro atoms. The van der Waals surface area contributed by atoms with Gasteiger partial charge in [-0.3, -0.25) is 9.78 Å². The fraction of sp³-hybridized carbons (Fsp3) is 0.600. The Bertz CT molecular complexity index is 503. The van der Waals surface area contributed by atoms with Crippen molar-refractivity contribution in [3.63, 3.8) is 0 Å². The van der Waals surface area contributed by atoms with Crippen molar-refractivity contribution in [2.24, 2.45) is 17.6 Å². The highest BCUT2D eigenvalue weighted by atomic mass is 35.5. The van der Waals surface area contributed by atoms with Gasteiger partial charge in [0, 0.05) is 18.3 Å². The maximum atomic E-state index is 13.1. The van der Waals surface area contributed by atoms with Gasteiger partial charge < -0.3 is 11.1 Å². The molecule has 0 aromatic carbocycles. The second-order valence-electron chi connectivity index (χ2n) is 6.07. The lowest BCUT2D eigenvalue weighted by Crippen LogP contribution is -2.53. The first-order valence-corrected chi connectivity index (χ1v) is 7.30.